The summed E-state index contributed by atoms with van der Waals surface area (Å²) in [5.74, 6) is 5.10. The van der Waals surface area contributed by atoms with Gasteiger partial charge in [0.1, 0.15) is 6.61 Å². The first kappa shape index (κ1) is 15.2. The van der Waals surface area contributed by atoms with E-state index in [2.05, 4.69) is 16.8 Å². The molecule has 1 rings (SSSR count). The molecule has 0 atom stereocenters. The summed E-state index contributed by atoms with van der Waals surface area (Å²) < 4.78 is 0. The Morgan fingerprint density at radius 1 is 1.42 bits per heavy atom. The monoisotopic (exact) mass is 262 g/mol. The van der Waals surface area contributed by atoms with E-state index >= 15 is 0 Å². The largest absolute Gasteiger partial charge is 0.396 e. The minimum atomic E-state index is -0.226. The highest BCUT2D eigenvalue weighted by molar-refractivity contribution is 5.94. The molecule has 0 unspecified atom stereocenters. The van der Waals surface area contributed by atoms with Crippen molar-refractivity contribution in [1.29, 1.82) is 0 Å². The molecule has 0 aliphatic carbocycles. The van der Waals surface area contributed by atoms with Gasteiger partial charge in [0.15, 0.2) is 0 Å². The molecule has 0 aliphatic heterocycles. The maximum absolute atomic E-state index is 12.2. The third-order valence-corrected chi connectivity index (χ3v) is 2.55. The zero-order chi connectivity index (χ0) is 14.1. The molecular formula is C14H18N2O3. The van der Waals surface area contributed by atoms with E-state index in [0.717, 1.165) is 0 Å². The summed E-state index contributed by atoms with van der Waals surface area (Å²) >= 11 is 0. The molecular weight excluding hydrogens is 244 g/mol. The molecule has 0 spiro atoms. The third-order valence-electron chi connectivity index (χ3n) is 2.55. The highest BCUT2D eigenvalue weighted by atomic mass is 16.3. The van der Waals surface area contributed by atoms with Gasteiger partial charge < -0.3 is 15.1 Å². The molecule has 0 fully saturated rings. The van der Waals surface area contributed by atoms with Crippen LogP contribution in [0.15, 0.2) is 18.5 Å². The predicted octanol–water partition coefficient (Wildman–Crippen LogP) is 0.270. The first-order valence-corrected chi connectivity index (χ1v) is 6.17. The SMILES string of the molecule is CCN(CCCO)C(=O)c1cncc(C#CCO)c1. The Morgan fingerprint density at radius 3 is 2.84 bits per heavy atom. The van der Waals surface area contributed by atoms with Crippen molar-refractivity contribution in [1.82, 2.24) is 9.88 Å². The number of hydrogen-bond acceptors (Lipinski definition) is 4. The molecule has 1 amide bonds. The van der Waals surface area contributed by atoms with Crippen LogP contribution in [0.5, 0.6) is 0 Å². The Labute approximate surface area is 112 Å². The van der Waals surface area contributed by atoms with E-state index in [9.17, 15) is 4.79 Å². The molecule has 0 aliphatic rings. The molecule has 5 heteroatoms. The lowest BCUT2D eigenvalue weighted by atomic mass is 10.2. The number of aromatic nitrogens is 1. The molecule has 102 valence electrons. The molecule has 0 saturated carbocycles. The number of hydrogen-bond donors (Lipinski definition) is 2. The Hall–Kier alpha value is -1.90. The normalized spacial score (nSPS) is 9.63. The Morgan fingerprint density at radius 2 is 2.21 bits per heavy atom. The molecule has 1 aromatic rings. The van der Waals surface area contributed by atoms with Crippen molar-refractivity contribution in [2.75, 3.05) is 26.3 Å². The first-order valence-electron chi connectivity index (χ1n) is 6.17. The van der Waals surface area contributed by atoms with Gasteiger partial charge in [-0.15, -0.1) is 0 Å². The van der Waals surface area contributed by atoms with Crippen LogP contribution in [-0.2, 0) is 0 Å². The van der Waals surface area contributed by atoms with Crippen molar-refractivity contribution >= 4 is 5.91 Å². The highest BCUT2D eigenvalue weighted by Gasteiger charge is 2.14. The number of carbonyl (C=O) groups excluding carboxylic acids is 1. The van der Waals surface area contributed by atoms with Gasteiger partial charge in [0.25, 0.3) is 5.91 Å². The number of aliphatic hydroxyl groups is 2. The fraction of sp³-hybridized carbons (Fsp3) is 0.429. The van der Waals surface area contributed by atoms with Gasteiger partial charge in [0, 0.05) is 37.7 Å². The topological polar surface area (TPSA) is 73.7 Å². The summed E-state index contributed by atoms with van der Waals surface area (Å²) in [5.41, 5.74) is 1.06. The van der Waals surface area contributed by atoms with Crippen LogP contribution in [-0.4, -0.2) is 52.3 Å². The van der Waals surface area contributed by atoms with Gasteiger partial charge in [-0.25, -0.2) is 0 Å². The average molecular weight is 262 g/mol. The molecule has 1 aromatic heterocycles. The number of pyridine rings is 1. The van der Waals surface area contributed by atoms with Crippen LogP contribution in [0.2, 0.25) is 0 Å². The van der Waals surface area contributed by atoms with Crippen molar-refractivity contribution in [2.24, 2.45) is 0 Å². The second kappa shape index (κ2) is 8.25. The van der Waals surface area contributed by atoms with Crippen LogP contribution in [0, 0.1) is 11.8 Å². The quantitative estimate of drug-likeness (QED) is 0.747. The van der Waals surface area contributed by atoms with E-state index < -0.39 is 0 Å². The number of nitrogens with zero attached hydrogens (tertiary/aromatic N) is 2. The molecule has 5 nitrogen and oxygen atoms in total. The van der Waals surface area contributed by atoms with Gasteiger partial charge in [-0.3, -0.25) is 9.78 Å². The number of carbonyl (C=O) groups is 1. The van der Waals surface area contributed by atoms with E-state index in [4.69, 9.17) is 10.2 Å². The predicted molar refractivity (Wildman–Crippen MR) is 71.5 cm³/mol. The first-order chi connectivity index (χ1) is 9.22. The van der Waals surface area contributed by atoms with Crippen molar-refractivity contribution in [2.45, 2.75) is 13.3 Å². The lowest BCUT2D eigenvalue weighted by Crippen LogP contribution is -2.32. The molecule has 1 heterocycles. The minimum absolute atomic E-state index is 0.0596. The zero-order valence-corrected chi connectivity index (χ0v) is 11.0. The number of aliphatic hydroxyl groups excluding tert-OH is 2. The smallest absolute Gasteiger partial charge is 0.255 e. The lowest BCUT2D eigenvalue weighted by molar-refractivity contribution is 0.0754. The molecule has 19 heavy (non-hydrogen) atoms. The second-order valence-electron chi connectivity index (χ2n) is 3.88. The molecule has 0 radical (unpaired) electrons. The maximum Gasteiger partial charge on any atom is 0.255 e. The molecule has 0 aromatic carbocycles. The van der Waals surface area contributed by atoms with Gasteiger partial charge in [0.05, 0.1) is 5.56 Å². The number of rotatable bonds is 5. The van der Waals surface area contributed by atoms with Crippen molar-refractivity contribution in [3.05, 3.63) is 29.6 Å². The Kier molecular flexibility index (Phi) is 6.58. The zero-order valence-electron chi connectivity index (χ0n) is 11.0. The van der Waals surface area contributed by atoms with E-state index in [1.165, 1.54) is 6.20 Å². The van der Waals surface area contributed by atoms with Gasteiger partial charge in [-0.05, 0) is 19.4 Å². The average Bonchev–Trinajstić information content (AvgIpc) is 2.46. The van der Waals surface area contributed by atoms with Crippen LogP contribution in [0.25, 0.3) is 0 Å². The van der Waals surface area contributed by atoms with Crippen molar-refractivity contribution in [3.63, 3.8) is 0 Å². The third kappa shape index (κ3) is 4.70. The van der Waals surface area contributed by atoms with E-state index in [0.29, 0.717) is 30.6 Å². The highest BCUT2D eigenvalue weighted by Crippen LogP contribution is 2.06. The second-order valence-corrected chi connectivity index (χ2v) is 3.88. The fourth-order valence-electron chi connectivity index (χ4n) is 1.61. The Balaban J connectivity index is 2.85. The number of amides is 1. The van der Waals surface area contributed by atoms with E-state index in [-0.39, 0.29) is 19.1 Å². The summed E-state index contributed by atoms with van der Waals surface area (Å²) in [7, 11) is 0. The van der Waals surface area contributed by atoms with E-state index in [1.807, 2.05) is 6.92 Å². The van der Waals surface area contributed by atoms with Crippen molar-refractivity contribution < 1.29 is 15.0 Å². The maximum atomic E-state index is 12.2. The van der Waals surface area contributed by atoms with Crippen LogP contribution in [0.4, 0.5) is 0 Å². The minimum Gasteiger partial charge on any atom is -0.396 e. The van der Waals surface area contributed by atoms with E-state index in [1.54, 1.807) is 17.2 Å². The van der Waals surface area contributed by atoms with Crippen LogP contribution in [0.1, 0.15) is 29.3 Å². The van der Waals surface area contributed by atoms with Gasteiger partial charge in [0.2, 0.25) is 0 Å². The summed E-state index contributed by atoms with van der Waals surface area (Å²) in [5, 5.41) is 17.4. The van der Waals surface area contributed by atoms with Crippen LogP contribution in [0.3, 0.4) is 0 Å². The van der Waals surface area contributed by atoms with Gasteiger partial charge in [-0.1, -0.05) is 11.8 Å². The van der Waals surface area contributed by atoms with Crippen LogP contribution < -0.4 is 0 Å². The standard InChI is InChI=1S/C14H18N2O3/c1-2-16(6-4-8-18)14(19)13-9-12(5-3-7-17)10-15-11-13/h9-11,17-18H,2,4,6-8H2,1H3. The van der Waals surface area contributed by atoms with Crippen molar-refractivity contribution in [3.8, 4) is 11.8 Å². The van der Waals surface area contributed by atoms with Gasteiger partial charge >= 0.3 is 0 Å². The fourth-order valence-corrected chi connectivity index (χ4v) is 1.61. The molecule has 0 bridgehead atoms. The summed E-state index contributed by atoms with van der Waals surface area (Å²) in [4.78, 5) is 17.8. The van der Waals surface area contributed by atoms with Crippen LogP contribution >= 0.6 is 0 Å². The summed E-state index contributed by atoms with van der Waals surface area (Å²) in [6, 6.07) is 1.65. The summed E-state index contributed by atoms with van der Waals surface area (Å²) in [6.07, 6.45) is 3.59. The lowest BCUT2D eigenvalue weighted by Gasteiger charge is -2.20. The molecule has 2 N–H and O–H groups in total. The molecule has 0 saturated heterocycles. The Bertz CT molecular complexity index is 477. The van der Waals surface area contributed by atoms with Gasteiger partial charge in [-0.2, -0.15) is 0 Å². The summed E-state index contributed by atoms with van der Waals surface area (Å²) in [6.45, 7) is 2.81.